The lowest BCUT2D eigenvalue weighted by Gasteiger charge is -2.41. The van der Waals surface area contributed by atoms with Gasteiger partial charge < -0.3 is 15.2 Å². The van der Waals surface area contributed by atoms with E-state index in [1.54, 1.807) is 6.92 Å². The van der Waals surface area contributed by atoms with Crippen molar-refractivity contribution in [3.05, 3.63) is 0 Å². The van der Waals surface area contributed by atoms with E-state index in [0.29, 0.717) is 13.0 Å². The maximum Gasteiger partial charge on any atom is 0.352 e. The monoisotopic (exact) mass is 263 g/mol. The molecule has 1 amide bonds. The van der Waals surface area contributed by atoms with Crippen molar-refractivity contribution in [2.24, 2.45) is 0 Å². The van der Waals surface area contributed by atoms with Gasteiger partial charge in [-0.15, -0.1) is 0 Å². The first-order valence-electron chi connectivity index (χ1n) is 6.32. The summed E-state index contributed by atoms with van der Waals surface area (Å²) >= 11 is 0. The predicted molar refractivity (Wildman–Crippen MR) is 60.3 cm³/mol. The van der Waals surface area contributed by atoms with Crippen LogP contribution in [0.1, 0.15) is 39.0 Å². The standard InChI is InChI=1S/C12H19F2NO3/c1-10(4-3-7-18-10)8-15-9(16)12(13,14)11(17)5-2-6-11/h17H,2-8H2,1H3,(H,15,16). The predicted octanol–water partition coefficient (Wildman–Crippen LogP) is 1.22. The lowest BCUT2D eigenvalue weighted by Crippen LogP contribution is -2.61. The van der Waals surface area contributed by atoms with Crippen molar-refractivity contribution in [2.75, 3.05) is 13.2 Å². The number of aliphatic hydroxyl groups is 1. The molecule has 4 nitrogen and oxygen atoms in total. The summed E-state index contributed by atoms with van der Waals surface area (Å²) in [7, 11) is 0. The first kappa shape index (κ1) is 13.7. The maximum absolute atomic E-state index is 13.7. The van der Waals surface area contributed by atoms with Crippen LogP contribution in [0, 0.1) is 0 Å². The zero-order chi connectivity index (χ0) is 13.4. The summed E-state index contributed by atoms with van der Waals surface area (Å²) in [5.41, 5.74) is -2.72. The molecule has 2 fully saturated rings. The second-order valence-corrected chi connectivity index (χ2v) is 5.54. The highest BCUT2D eigenvalue weighted by molar-refractivity contribution is 5.85. The number of halogens is 2. The van der Waals surface area contributed by atoms with Crippen LogP contribution >= 0.6 is 0 Å². The Balaban J connectivity index is 1.91. The summed E-state index contributed by atoms with van der Waals surface area (Å²) in [6, 6.07) is 0. The summed E-state index contributed by atoms with van der Waals surface area (Å²) in [6.45, 7) is 2.43. The second-order valence-electron chi connectivity index (χ2n) is 5.54. The third-order valence-electron chi connectivity index (χ3n) is 3.97. The van der Waals surface area contributed by atoms with Gasteiger partial charge in [0.25, 0.3) is 5.91 Å². The maximum atomic E-state index is 13.7. The topological polar surface area (TPSA) is 58.6 Å². The summed E-state index contributed by atoms with van der Waals surface area (Å²) in [6.07, 6.45) is 2.08. The molecule has 1 unspecified atom stereocenters. The highest BCUT2D eigenvalue weighted by Crippen LogP contribution is 2.44. The van der Waals surface area contributed by atoms with E-state index < -0.39 is 23.0 Å². The number of hydrogen-bond donors (Lipinski definition) is 2. The average Bonchev–Trinajstić information content (AvgIpc) is 2.70. The number of alkyl halides is 2. The molecular formula is C12H19F2NO3. The van der Waals surface area contributed by atoms with E-state index >= 15 is 0 Å². The molecule has 0 aromatic rings. The molecule has 0 bridgehead atoms. The highest BCUT2D eigenvalue weighted by atomic mass is 19.3. The quantitative estimate of drug-likeness (QED) is 0.802. The zero-order valence-corrected chi connectivity index (χ0v) is 10.5. The van der Waals surface area contributed by atoms with Crippen molar-refractivity contribution < 1.29 is 23.4 Å². The summed E-state index contributed by atoms with van der Waals surface area (Å²) in [5.74, 6) is -5.12. The third-order valence-corrected chi connectivity index (χ3v) is 3.97. The Labute approximate surface area is 105 Å². The van der Waals surface area contributed by atoms with Gasteiger partial charge in [-0.3, -0.25) is 4.79 Å². The van der Waals surface area contributed by atoms with Crippen molar-refractivity contribution in [1.82, 2.24) is 5.32 Å². The smallest absolute Gasteiger partial charge is 0.352 e. The SMILES string of the molecule is CC1(CNC(=O)C(F)(F)C2(O)CCC2)CCCO1. The average molecular weight is 263 g/mol. The lowest BCUT2D eigenvalue weighted by molar-refractivity contribution is -0.216. The van der Waals surface area contributed by atoms with Gasteiger partial charge in [0.2, 0.25) is 0 Å². The molecule has 1 aliphatic carbocycles. The minimum atomic E-state index is -3.72. The summed E-state index contributed by atoms with van der Waals surface area (Å²) < 4.78 is 32.9. The first-order valence-corrected chi connectivity index (χ1v) is 6.32. The number of hydrogen-bond acceptors (Lipinski definition) is 3. The van der Waals surface area contributed by atoms with Crippen LogP contribution in [-0.2, 0) is 9.53 Å². The molecule has 2 aliphatic rings. The van der Waals surface area contributed by atoms with Crippen molar-refractivity contribution >= 4 is 5.91 Å². The minimum absolute atomic E-state index is 0.0266. The van der Waals surface area contributed by atoms with E-state index in [1.165, 1.54) is 0 Å². The first-order chi connectivity index (χ1) is 8.29. The number of amides is 1. The number of nitrogens with one attached hydrogen (secondary N) is 1. The number of rotatable bonds is 4. The molecule has 18 heavy (non-hydrogen) atoms. The number of carbonyl (C=O) groups is 1. The largest absolute Gasteiger partial charge is 0.383 e. The van der Waals surface area contributed by atoms with Crippen molar-refractivity contribution in [2.45, 2.75) is 56.2 Å². The molecule has 104 valence electrons. The van der Waals surface area contributed by atoms with Gasteiger partial charge in [-0.05, 0) is 39.0 Å². The highest BCUT2D eigenvalue weighted by Gasteiger charge is 2.61. The number of ether oxygens (including phenoxy) is 1. The normalized spacial score (nSPS) is 30.9. The molecule has 6 heteroatoms. The van der Waals surface area contributed by atoms with Gasteiger partial charge in [0, 0.05) is 13.2 Å². The number of carbonyl (C=O) groups excluding carboxylic acids is 1. The molecule has 1 atom stereocenters. The van der Waals surface area contributed by atoms with Crippen molar-refractivity contribution in [3.63, 3.8) is 0 Å². The van der Waals surface area contributed by atoms with Crippen LogP contribution in [0.2, 0.25) is 0 Å². The van der Waals surface area contributed by atoms with Crippen molar-refractivity contribution in [3.8, 4) is 0 Å². The Hall–Kier alpha value is -0.750. The molecule has 2 N–H and O–H groups in total. The van der Waals surface area contributed by atoms with Crippen LogP contribution in [0.4, 0.5) is 8.78 Å². The van der Waals surface area contributed by atoms with Gasteiger partial charge in [0.05, 0.1) is 5.60 Å². The van der Waals surface area contributed by atoms with Crippen LogP contribution < -0.4 is 5.32 Å². The van der Waals surface area contributed by atoms with E-state index in [9.17, 15) is 18.7 Å². The fraction of sp³-hybridized carbons (Fsp3) is 0.917. The Kier molecular flexibility index (Phi) is 3.36. The van der Waals surface area contributed by atoms with E-state index in [2.05, 4.69) is 5.32 Å². The van der Waals surface area contributed by atoms with Gasteiger partial charge in [-0.25, -0.2) is 0 Å². The van der Waals surface area contributed by atoms with Gasteiger partial charge in [0.15, 0.2) is 0 Å². The molecule has 0 spiro atoms. The summed E-state index contributed by atoms with van der Waals surface area (Å²) in [5, 5.41) is 11.8. The van der Waals surface area contributed by atoms with Gasteiger partial charge in [0.1, 0.15) is 5.60 Å². The van der Waals surface area contributed by atoms with Gasteiger partial charge >= 0.3 is 5.92 Å². The third kappa shape index (κ3) is 2.23. The Morgan fingerprint density at radius 3 is 2.50 bits per heavy atom. The minimum Gasteiger partial charge on any atom is -0.383 e. The van der Waals surface area contributed by atoms with Crippen molar-refractivity contribution in [1.29, 1.82) is 0 Å². The molecule has 1 saturated heterocycles. The Bertz CT molecular complexity index is 336. The second kappa shape index (κ2) is 4.42. The van der Waals surface area contributed by atoms with Crippen LogP contribution in [0.15, 0.2) is 0 Å². The molecule has 2 rings (SSSR count). The van der Waals surface area contributed by atoms with Crippen LogP contribution in [-0.4, -0.2) is 41.3 Å². The fourth-order valence-corrected chi connectivity index (χ4v) is 2.39. The van der Waals surface area contributed by atoms with Crippen LogP contribution in [0.3, 0.4) is 0 Å². The van der Waals surface area contributed by atoms with E-state index in [0.717, 1.165) is 12.8 Å². The Morgan fingerprint density at radius 1 is 1.39 bits per heavy atom. The molecule has 0 radical (unpaired) electrons. The van der Waals surface area contributed by atoms with E-state index in [1.807, 2.05) is 0 Å². The lowest BCUT2D eigenvalue weighted by atomic mass is 9.75. The summed E-state index contributed by atoms with van der Waals surface area (Å²) in [4.78, 5) is 11.5. The van der Waals surface area contributed by atoms with Gasteiger partial charge in [-0.2, -0.15) is 8.78 Å². The zero-order valence-electron chi connectivity index (χ0n) is 10.5. The molecular weight excluding hydrogens is 244 g/mol. The molecule has 1 aliphatic heterocycles. The van der Waals surface area contributed by atoms with Gasteiger partial charge in [-0.1, -0.05) is 0 Å². The van der Waals surface area contributed by atoms with E-state index in [-0.39, 0.29) is 19.4 Å². The molecule has 1 saturated carbocycles. The molecule has 0 aromatic carbocycles. The van der Waals surface area contributed by atoms with E-state index in [4.69, 9.17) is 4.74 Å². The van der Waals surface area contributed by atoms with Crippen LogP contribution in [0.5, 0.6) is 0 Å². The molecule has 1 heterocycles. The molecule has 0 aromatic heterocycles. The van der Waals surface area contributed by atoms with Crippen LogP contribution in [0.25, 0.3) is 0 Å². The Morgan fingerprint density at radius 2 is 2.06 bits per heavy atom. The fourth-order valence-electron chi connectivity index (χ4n) is 2.39.